The van der Waals surface area contributed by atoms with Gasteiger partial charge < -0.3 is 10.2 Å². The number of carbonyl (C=O) groups is 2. The van der Waals surface area contributed by atoms with Crippen molar-refractivity contribution >= 4 is 27.5 Å². The van der Waals surface area contributed by atoms with Gasteiger partial charge in [0.15, 0.2) is 0 Å². The summed E-state index contributed by atoms with van der Waals surface area (Å²) in [7, 11) is -3.65. The molecule has 2 aromatic carbocycles. The van der Waals surface area contributed by atoms with Crippen molar-refractivity contribution in [2.24, 2.45) is 5.92 Å². The fraction of sp³-hybridized carbons (Fsp3) is 0.481. The fourth-order valence-electron chi connectivity index (χ4n) is 5.76. The van der Waals surface area contributed by atoms with E-state index in [9.17, 15) is 18.0 Å². The number of rotatable bonds is 4. The standard InChI is InChI=1S/C27H33N3O4S/c1-19(31)30-15-5-8-22-18-23(11-12-26(22)30)35(33,34)29-16-13-21(14-17-29)27(32)28-25-10-4-7-20-6-2-3-9-24(20)25/h2-3,6,9,11-12,18,21,25H,4-5,7-8,10,13-17H2,1H3,(H,28,32)/t25-/m0/s1. The molecule has 2 heterocycles. The van der Waals surface area contributed by atoms with E-state index in [0.717, 1.165) is 43.4 Å². The van der Waals surface area contributed by atoms with Crippen molar-refractivity contribution in [1.29, 1.82) is 0 Å². The second-order valence-corrected chi connectivity index (χ2v) is 11.8. The predicted octanol–water partition coefficient (Wildman–Crippen LogP) is 3.58. The first-order valence-electron chi connectivity index (χ1n) is 12.6. The van der Waals surface area contributed by atoms with Crippen LogP contribution in [0, 0.1) is 5.92 Å². The van der Waals surface area contributed by atoms with Crippen molar-refractivity contribution in [3.8, 4) is 0 Å². The van der Waals surface area contributed by atoms with Crippen LogP contribution in [0.25, 0.3) is 0 Å². The Hall–Kier alpha value is -2.71. The molecular formula is C27H33N3O4S. The number of amides is 2. The molecule has 0 unspecified atom stereocenters. The van der Waals surface area contributed by atoms with Gasteiger partial charge in [-0.15, -0.1) is 0 Å². The van der Waals surface area contributed by atoms with Gasteiger partial charge in [0.1, 0.15) is 0 Å². The van der Waals surface area contributed by atoms with Crippen LogP contribution in [0.3, 0.4) is 0 Å². The molecule has 186 valence electrons. The highest BCUT2D eigenvalue weighted by Gasteiger charge is 2.34. The number of piperidine rings is 1. The van der Waals surface area contributed by atoms with Gasteiger partial charge in [0.2, 0.25) is 21.8 Å². The van der Waals surface area contributed by atoms with Crippen LogP contribution in [-0.4, -0.2) is 44.2 Å². The first-order valence-corrected chi connectivity index (χ1v) is 14.1. The number of hydrogen-bond donors (Lipinski definition) is 1. The molecule has 1 fully saturated rings. The van der Waals surface area contributed by atoms with Crippen molar-refractivity contribution in [3.63, 3.8) is 0 Å². The number of anilines is 1. The average Bonchev–Trinajstić information content (AvgIpc) is 2.88. The Kier molecular flexibility index (Phi) is 6.68. The third-order valence-corrected chi connectivity index (χ3v) is 9.59. The predicted molar refractivity (Wildman–Crippen MR) is 135 cm³/mol. The molecule has 1 saturated heterocycles. The quantitative estimate of drug-likeness (QED) is 0.703. The zero-order valence-corrected chi connectivity index (χ0v) is 21.0. The van der Waals surface area contributed by atoms with Crippen LogP contribution in [0.4, 0.5) is 5.69 Å². The van der Waals surface area contributed by atoms with E-state index in [1.807, 2.05) is 12.1 Å². The summed E-state index contributed by atoms with van der Waals surface area (Å²) < 4.78 is 28.2. The number of nitrogens with zero attached hydrogens (tertiary/aromatic N) is 2. The van der Waals surface area contributed by atoms with Gasteiger partial charge in [-0.1, -0.05) is 24.3 Å². The van der Waals surface area contributed by atoms with Crippen molar-refractivity contribution in [3.05, 3.63) is 59.2 Å². The smallest absolute Gasteiger partial charge is 0.243 e. The van der Waals surface area contributed by atoms with Crippen LogP contribution < -0.4 is 10.2 Å². The molecule has 3 aliphatic rings. The highest BCUT2D eigenvalue weighted by molar-refractivity contribution is 7.89. The topological polar surface area (TPSA) is 86.8 Å². The number of hydrogen-bond acceptors (Lipinski definition) is 4. The summed E-state index contributed by atoms with van der Waals surface area (Å²) in [6.45, 7) is 2.86. The third-order valence-electron chi connectivity index (χ3n) is 7.70. The van der Waals surface area contributed by atoms with Gasteiger partial charge in [-0.25, -0.2) is 8.42 Å². The van der Waals surface area contributed by atoms with E-state index in [1.165, 1.54) is 22.4 Å². The van der Waals surface area contributed by atoms with E-state index >= 15 is 0 Å². The molecule has 1 aliphatic carbocycles. The van der Waals surface area contributed by atoms with Crippen LogP contribution in [-0.2, 0) is 32.5 Å². The fourth-order valence-corrected chi connectivity index (χ4v) is 7.28. The molecular weight excluding hydrogens is 462 g/mol. The summed E-state index contributed by atoms with van der Waals surface area (Å²) >= 11 is 0. The van der Waals surface area contributed by atoms with E-state index < -0.39 is 10.0 Å². The Morgan fingerprint density at radius 1 is 0.914 bits per heavy atom. The van der Waals surface area contributed by atoms with Crippen LogP contribution >= 0.6 is 0 Å². The Bertz CT molecular complexity index is 1230. The maximum absolute atomic E-state index is 13.4. The van der Waals surface area contributed by atoms with Crippen LogP contribution in [0.2, 0.25) is 0 Å². The molecule has 0 spiro atoms. The first kappa shape index (κ1) is 24.0. The summed E-state index contributed by atoms with van der Waals surface area (Å²) in [4.78, 5) is 26.9. The lowest BCUT2D eigenvalue weighted by atomic mass is 9.87. The van der Waals surface area contributed by atoms with Gasteiger partial charge in [-0.05, 0) is 79.8 Å². The van der Waals surface area contributed by atoms with Crippen LogP contribution in [0.5, 0.6) is 0 Å². The second-order valence-electron chi connectivity index (χ2n) is 9.90. The molecule has 5 rings (SSSR count). The average molecular weight is 496 g/mol. The van der Waals surface area contributed by atoms with E-state index in [2.05, 4.69) is 17.4 Å². The molecule has 2 aliphatic heterocycles. The van der Waals surface area contributed by atoms with E-state index in [0.29, 0.717) is 32.5 Å². The van der Waals surface area contributed by atoms with Gasteiger partial charge in [0, 0.05) is 38.2 Å². The van der Waals surface area contributed by atoms with Crippen molar-refractivity contribution in [2.75, 3.05) is 24.5 Å². The minimum absolute atomic E-state index is 0.0291. The van der Waals surface area contributed by atoms with Crippen molar-refractivity contribution in [1.82, 2.24) is 9.62 Å². The molecule has 0 radical (unpaired) electrons. The number of fused-ring (bicyclic) bond motifs is 2. The largest absolute Gasteiger partial charge is 0.349 e. The van der Waals surface area contributed by atoms with Crippen molar-refractivity contribution < 1.29 is 18.0 Å². The van der Waals surface area contributed by atoms with Gasteiger partial charge >= 0.3 is 0 Å². The van der Waals surface area contributed by atoms with E-state index in [1.54, 1.807) is 23.1 Å². The molecule has 0 bridgehead atoms. The molecule has 0 saturated carbocycles. The lowest BCUT2D eigenvalue weighted by Gasteiger charge is -2.33. The molecule has 7 nitrogen and oxygen atoms in total. The zero-order valence-electron chi connectivity index (χ0n) is 20.2. The third kappa shape index (κ3) is 4.74. The van der Waals surface area contributed by atoms with E-state index in [4.69, 9.17) is 0 Å². The highest BCUT2D eigenvalue weighted by Crippen LogP contribution is 2.33. The Morgan fingerprint density at radius 3 is 2.43 bits per heavy atom. The maximum atomic E-state index is 13.4. The van der Waals surface area contributed by atoms with E-state index in [-0.39, 0.29) is 28.7 Å². The Labute approximate surface area is 207 Å². The summed E-state index contributed by atoms with van der Waals surface area (Å²) in [5, 5.41) is 3.24. The monoisotopic (exact) mass is 495 g/mol. The number of nitrogens with one attached hydrogen (secondary N) is 1. The first-order chi connectivity index (χ1) is 16.8. The Balaban J connectivity index is 1.23. The molecule has 35 heavy (non-hydrogen) atoms. The molecule has 8 heteroatoms. The van der Waals surface area contributed by atoms with Gasteiger partial charge in [0.25, 0.3) is 0 Å². The summed E-state index contributed by atoms with van der Waals surface area (Å²) in [6.07, 6.45) is 5.66. The summed E-state index contributed by atoms with van der Waals surface area (Å²) in [5.41, 5.74) is 4.22. The number of carbonyl (C=O) groups excluding carboxylic acids is 2. The minimum Gasteiger partial charge on any atom is -0.349 e. The minimum atomic E-state index is -3.65. The number of sulfonamides is 1. The Morgan fingerprint density at radius 2 is 1.66 bits per heavy atom. The molecule has 2 aromatic rings. The lowest BCUT2D eigenvalue weighted by molar-refractivity contribution is -0.127. The van der Waals surface area contributed by atoms with Gasteiger partial charge in [0.05, 0.1) is 10.9 Å². The summed E-state index contributed by atoms with van der Waals surface area (Å²) in [5.74, 6) is -0.177. The second kappa shape index (κ2) is 9.74. The maximum Gasteiger partial charge on any atom is 0.243 e. The number of aryl methyl sites for hydroxylation is 2. The normalized spacial score (nSPS) is 21.2. The van der Waals surface area contributed by atoms with Gasteiger partial charge in [-0.2, -0.15) is 4.31 Å². The zero-order chi connectivity index (χ0) is 24.6. The lowest BCUT2D eigenvalue weighted by Crippen LogP contribution is -2.44. The summed E-state index contributed by atoms with van der Waals surface area (Å²) in [6, 6.07) is 13.4. The van der Waals surface area contributed by atoms with Crippen LogP contribution in [0.1, 0.15) is 61.8 Å². The number of benzene rings is 2. The highest BCUT2D eigenvalue weighted by atomic mass is 32.2. The molecule has 2 amide bonds. The SMILES string of the molecule is CC(=O)N1CCCc2cc(S(=O)(=O)N3CCC(C(=O)N[C@H]4CCCc5ccccc54)CC3)ccc21. The molecule has 1 atom stereocenters. The van der Waals surface area contributed by atoms with Crippen LogP contribution in [0.15, 0.2) is 47.4 Å². The molecule has 1 N–H and O–H groups in total. The van der Waals surface area contributed by atoms with Crippen molar-refractivity contribution in [2.45, 2.75) is 62.8 Å². The van der Waals surface area contributed by atoms with Gasteiger partial charge in [-0.3, -0.25) is 9.59 Å². The molecule has 0 aromatic heterocycles.